The second-order valence-electron chi connectivity index (χ2n) is 9.11. The molecule has 1 atom stereocenters. The lowest BCUT2D eigenvalue weighted by Gasteiger charge is -2.33. The Bertz CT molecular complexity index is 1230. The van der Waals surface area contributed by atoms with E-state index in [1.54, 1.807) is 25.1 Å². The number of halogens is 4. The van der Waals surface area contributed by atoms with Crippen molar-refractivity contribution in [1.29, 1.82) is 0 Å². The average Bonchev–Trinajstić information content (AvgIpc) is 2.82. The van der Waals surface area contributed by atoms with Gasteiger partial charge in [0.05, 0.1) is 17.0 Å². The van der Waals surface area contributed by atoms with E-state index in [9.17, 15) is 18.0 Å². The highest BCUT2D eigenvalue weighted by atomic mass is 35.5. The fourth-order valence-electron chi connectivity index (χ4n) is 4.28. The minimum absolute atomic E-state index is 0.0324. The minimum Gasteiger partial charge on any atom is -0.352 e. The van der Waals surface area contributed by atoms with Gasteiger partial charge in [0.15, 0.2) is 0 Å². The number of hydrogen-bond acceptors (Lipinski definition) is 4. The van der Waals surface area contributed by atoms with Crippen LogP contribution in [0.2, 0.25) is 20.1 Å². The summed E-state index contributed by atoms with van der Waals surface area (Å²) in [4.78, 5) is 28.2. The zero-order valence-electron chi connectivity index (χ0n) is 20.5. The summed E-state index contributed by atoms with van der Waals surface area (Å²) in [7, 11) is -3.93. The van der Waals surface area contributed by atoms with Crippen LogP contribution in [0.4, 0.5) is 5.69 Å². The molecule has 1 fully saturated rings. The molecule has 0 aromatic heterocycles. The third-order valence-corrected chi connectivity index (χ3v) is 8.74. The molecule has 0 heterocycles. The molecule has 37 heavy (non-hydrogen) atoms. The van der Waals surface area contributed by atoms with E-state index in [-0.39, 0.29) is 29.2 Å². The molecule has 1 saturated carbocycles. The molecule has 2 aromatic carbocycles. The van der Waals surface area contributed by atoms with Crippen LogP contribution in [0.5, 0.6) is 0 Å². The summed E-state index contributed by atoms with van der Waals surface area (Å²) < 4.78 is 26.3. The van der Waals surface area contributed by atoms with Gasteiger partial charge < -0.3 is 10.2 Å². The van der Waals surface area contributed by atoms with Crippen LogP contribution in [0.1, 0.15) is 44.6 Å². The number of rotatable bonds is 9. The molecule has 1 aliphatic carbocycles. The molecule has 0 radical (unpaired) electrons. The van der Waals surface area contributed by atoms with Crippen LogP contribution in [0.25, 0.3) is 0 Å². The number of carbonyl (C=O) groups is 2. The van der Waals surface area contributed by atoms with Crippen LogP contribution in [0.3, 0.4) is 0 Å². The van der Waals surface area contributed by atoms with Gasteiger partial charge in [-0.2, -0.15) is 0 Å². The highest BCUT2D eigenvalue weighted by Gasteiger charge is 2.32. The Morgan fingerprint density at radius 2 is 1.62 bits per heavy atom. The minimum atomic E-state index is -3.93. The summed E-state index contributed by atoms with van der Waals surface area (Å²) in [5, 5.41) is 4.06. The fraction of sp³-hybridized carbons (Fsp3) is 0.440. The fourth-order valence-corrected chi connectivity index (χ4v) is 6.22. The van der Waals surface area contributed by atoms with Crippen LogP contribution in [0, 0.1) is 0 Å². The maximum Gasteiger partial charge on any atom is 0.244 e. The number of benzene rings is 2. The largest absolute Gasteiger partial charge is 0.352 e. The molecule has 0 saturated heterocycles. The number of nitrogens with zero attached hydrogens (tertiary/aromatic N) is 2. The van der Waals surface area contributed by atoms with Gasteiger partial charge in [-0.3, -0.25) is 13.9 Å². The molecule has 2 aromatic rings. The second-order valence-corrected chi connectivity index (χ2v) is 12.7. The first kappa shape index (κ1) is 29.8. The maximum absolute atomic E-state index is 13.7. The van der Waals surface area contributed by atoms with Gasteiger partial charge in [-0.25, -0.2) is 8.42 Å². The smallest absolute Gasteiger partial charge is 0.244 e. The summed E-state index contributed by atoms with van der Waals surface area (Å²) >= 11 is 25.0. The standard InChI is InChI=1S/C25H29Cl4N3O4S/c1-16(25(34)30-18-7-4-3-5-8-18)31(14-19-20(27)9-6-10-21(19)28)24(33)15-32(37(2,35)36)23-12-11-17(26)13-22(23)29/h6,9-13,16,18H,3-5,7-8,14-15H2,1-2H3,(H,30,34)/t16-/m0/s1. The highest BCUT2D eigenvalue weighted by molar-refractivity contribution is 7.92. The third-order valence-electron chi connectivity index (χ3n) is 6.37. The van der Waals surface area contributed by atoms with Crippen molar-refractivity contribution < 1.29 is 18.0 Å². The van der Waals surface area contributed by atoms with E-state index < -0.39 is 28.5 Å². The van der Waals surface area contributed by atoms with Crippen molar-refractivity contribution in [2.75, 3.05) is 17.1 Å². The predicted molar refractivity (Wildman–Crippen MR) is 150 cm³/mol. The molecule has 1 N–H and O–H groups in total. The van der Waals surface area contributed by atoms with E-state index in [1.165, 1.54) is 23.1 Å². The first-order valence-corrected chi connectivity index (χ1v) is 15.2. The molecule has 0 spiro atoms. The van der Waals surface area contributed by atoms with Crippen molar-refractivity contribution in [3.8, 4) is 0 Å². The monoisotopic (exact) mass is 607 g/mol. The Morgan fingerprint density at radius 1 is 1.00 bits per heavy atom. The van der Waals surface area contributed by atoms with Crippen molar-refractivity contribution >= 4 is 73.9 Å². The average molecular weight is 609 g/mol. The third kappa shape index (κ3) is 7.90. The zero-order chi connectivity index (χ0) is 27.3. The van der Waals surface area contributed by atoms with E-state index in [4.69, 9.17) is 46.4 Å². The summed E-state index contributed by atoms with van der Waals surface area (Å²) in [6.07, 6.45) is 5.91. The van der Waals surface area contributed by atoms with Gasteiger partial charge in [0.2, 0.25) is 21.8 Å². The van der Waals surface area contributed by atoms with Gasteiger partial charge >= 0.3 is 0 Å². The highest BCUT2D eigenvalue weighted by Crippen LogP contribution is 2.31. The first-order valence-electron chi connectivity index (χ1n) is 11.8. The van der Waals surface area contributed by atoms with E-state index in [0.29, 0.717) is 20.6 Å². The Labute approximate surface area is 238 Å². The van der Waals surface area contributed by atoms with Crippen LogP contribution in [-0.2, 0) is 26.2 Å². The number of nitrogens with one attached hydrogen (secondary N) is 1. The van der Waals surface area contributed by atoms with Gasteiger partial charge in [0.1, 0.15) is 12.6 Å². The van der Waals surface area contributed by atoms with Crippen molar-refractivity contribution in [3.05, 3.63) is 62.1 Å². The van der Waals surface area contributed by atoms with Crippen molar-refractivity contribution in [2.45, 2.75) is 57.7 Å². The Balaban J connectivity index is 1.94. The number of amides is 2. The molecule has 0 aliphatic heterocycles. The van der Waals surface area contributed by atoms with Crippen molar-refractivity contribution in [2.24, 2.45) is 0 Å². The molecule has 2 amide bonds. The lowest BCUT2D eigenvalue weighted by atomic mass is 9.95. The van der Waals surface area contributed by atoms with Gasteiger partial charge in [-0.05, 0) is 50.1 Å². The molecule has 1 aliphatic rings. The van der Waals surface area contributed by atoms with E-state index >= 15 is 0 Å². The molecular formula is C25H29Cl4N3O4S. The lowest BCUT2D eigenvalue weighted by molar-refractivity contribution is -0.139. The summed E-state index contributed by atoms with van der Waals surface area (Å²) in [5.41, 5.74) is 0.545. The van der Waals surface area contributed by atoms with Crippen LogP contribution < -0.4 is 9.62 Å². The summed E-state index contributed by atoms with van der Waals surface area (Å²) in [5.74, 6) is -0.961. The van der Waals surface area contributed by atoms with Crippen LogP contribution >= 0.6 is 46.4 Å². The molecule has 0 unspecified atom stereocenters. The van der Waals surface area contributed by atoms with Gasteiger partial charge in [-0.1, -0.05) is 71.7 Å². The Morgan fingerprint density at radius 3 is 2.19 bits per heavy atom. The maximum atomic E-state index is 13.7. The quantitative estimate of drug-likeness (QED) is 0.382. The predicted octanol–water partition coefficient (Wildman–Crippen LogP) is 5.93. The SMILES string of the molecule is C[C@@H](C(=O)NC1CCCCC1)N(Cc1c(Cl)cccc1Cl)C(=O)CN(c1ccc(Cl)cc1Cl)S(C)(=O)=O. The van der Waals surface area contributed by atoms with E-state index in [2.05, 4.69) is 5.32 Å². The number of hydrogen-bond donors (Lipinski definition) is 1. The first-order chi connectivity index (χ1) is 17.4. The number of carbonyl (C=O) groups excluding carboxylic acids is 2. The molecule has 12 heteroatoms. The number of sulfonamides is 1. The summed E-state index contributed by atoms with van der Waals surface area (Å²) in [6, 6.07) is 8.34. The molecule has 3 rings (SSSR count). The van der Waals surface area contributed by atoms with E-state index in [0.717, 1.165) is 42.7 Å². The molecule has 202 valence electrons. The van der Waals surface area contributed by atoms with E-state index in [1.807, 2.05) is 0 Å². The summed E-state index contributed by atoms with van der Waals surface area (Å²) in [6.45, 7) is 0.909. The Kier molecular flexibility index (Phi) is 10.4. The molecule has 0 bridgehead atoms. The van der Waals surface area contributed by atoms with Gasteiger partial charge in [-0.15, -0.1) is 0 Å². The van der Waals surface area contributed by atoms with Crippen molar-refractivity contribution in [3.63, 3.8) is 0 Å². The van der Waals surface area contributed by atoms with Gasteiger partial charge in [0, 0.05) is 33.2 Å². The number of anilines is 1. The van der Waals surface area contributed by atoms with Gasteiger partial charge in [0.25, 0.3) is 0 Å². The zero-order valence-corrected chi connectivity index (χ0v) is 24.4. The molecular weight excluding hydrogens is 580 g/mol. The van der Waals surface area contributed by atoms with Crippen molar-refractivity contribution in [1.82, 2.24) is 10.2 Å². The molecule has 7 nitrogen and oxygen atoms in total. The van der Waals surface area contributed by atoms with Crippen LogP contribution in [0.15, 0.2) is 36.4 Å². The Hall–Kier alpha value is -1.71. The lowest BCUT2D eigenvalue weighted by Crippen LogP contribution is -2.53. The van der Waals surface area contributed by atoms with Crippen LogP contribution in [-0.4, -0.2) is 50.0 Å². The normalized spacial score (nSPS) is 15.2. The second kappa shape index (κ2) is 12.9. The topological polar surface area (TPSA) is 86.8 Å².